The number of rotatable bonds is 2. The number of benzene rings is 7. The van der Waals surface area contributed by atoms with E-state index in [0.29, 0.717) is 0 Å². The largest absolute Gasteiger partial charge is 0.247 e. The van der Waals surface area contributed by atoms with Gasteiger partial charge in [-0.2, -0.15) is 0 Å². The lowest BCUT2D eigenvalue weighted by molar-refractivity contribution is 1.43. The summed E-state index contributed by atoms with van der Waals surface area (Å²) in [6, 6.07) is 50.6. The fraction of sp³-hybridized carbons (Fsp3) is 0. The van der Waals surface area contributed by atoms with Gasteiger partial charge in [-0.15, -0.1) is 11.3 Å². The molecule has 0 aliphatic heterocycles. The quantitative estimate of drug-likeness (QED) is 0.200. The number of nitrogens with zero attached hydrogens (tertiary/aromatic N) is 1. The first-order valence-electron chi connectivity index (χ1n) is 14.0. The summed E-state index contributed by atoms with van der Waals surface area (Å²) in [7, 11) is 0. The van der Waals surface area contributed by atoms with Gasteiger partial charge in [0, 0.05) is 41.9 Å². The molecule has 0 fully saturated rings. The van der Waals surface area contributed by atoms with E-state index in [1.54, 1.807) is 0 Å². The summed E-state index contributed by atoms with van der Waals surface area (Å²) in [6.07, 6.45) is 0. The van der Waals surface area contributed by atoms with Crippen LogP contribution in [-0.2, 0) is 0 Å². The zero-order valence-corrected chi connectivity index (χ0v) is 23.0. The Morgan fingerprint density at radius 2 is 1.07 bits per heavy atom. The molecule has 9 rings (SSSR count). The van der Waals surface area contributed by atoms with Crippen LogP contribution in [0, 0.1) is 0 Å². The Balaban J connectivity index is 1.29. The number of thiophene rings is 1. The topological polar surface area (TPSA) is 12.9 Å². The van der Waals surface area contributed by atoms with E-state index in [2.05, 4.69) is 140 Å². The molecule has 2 heteroatoms. The Kier molecular flexibility index (Phi) is 4.84. The Morgan fingerprint density at radius 3 is 1.93 bits per heavy atom. The summed E-state index contributed by atoms with van der Waals surface area (Å²) in [5.41, 5.74) is 5.67. The number of hydrogen-bond acceptors (Lipinski definition) is 2. The number of hydrogen-bond donors (Lipinski definition) is 0. The van der Waals surface area contributed by atoms with Gasteiger partial charge in [-0.3, -0.25) is 0 Å². The fourth-order valence-corrected chi connectivity index (χ4v) is 7.69. The Bertz CT molecular complexity index is 2470. The van der Waals surface area contributed by atoms with Crippen molar-refractivity contribution in [2.75, 3.05) is 0 Å². The second-order valence-corrected chi connectivity index (χ2v) is 11.8. The normalized spacial score (nSPS) is 11.9. The summed E-state index contributed by atoms with van der Waals surface area (Å²) in [5, 5.41) is 11.5. The smallest absolute Gasteiger partial charge is 0.0788 e. The lowest BCUT2D eigenvalue weighted by Crippen LogP contribution is -1.91. The van der Waals surface area contributed by atoms with Crippen LogP contribution in [0.3, 0.4) is 0 Å². The lowest BCUT2D eigenvalue weighted by Gasteiger charge is -2.13. The molecule has 9 aromatic rings. The first-order chi connectivity index (χ1) is 20.3. The van der Waals surface area contributed by atoms with Gasteiger partial charge < -0.3 is 0 Å². The van der Waals surface area contributed by atoms with Crippen molar-refractivity contribution in [3.63, 3.8) is 0 Å². The molecule has 2 aromatic heterocycles. The maximum atomic E-state index is 5.24. The molecule has 0 saturated carbocycles. The molecule has 0 bridgehead atoms. The van der Waals surface area contributed by atoms with Crippen molar-refractivity contribution in [3.8, 4) is 22.4 Å². The predicted octanol–water partition coefficient (Wildman–Crippen LogP) is 11.4. The molecule has 0 aliphatic carbocycles. The molecule has 0 spiro atoms. The summed E-state index contributed by atoms with van der Waals surface area (Å²) >= 11 is 1.87. The molecule has 0 unspecified atom stereocenters. The van der Waals surface area contributed by atoms with Crippen molar-refractivity contribution in [3.05, 3.63) is 140 Å². The molecular weight excluding hydrogens is 515 g/mol. The van der Waals surface area contributed by atoms with E-state index in [1.807, 2.05) is 11.3 Å². The van der Waals surface area contributed by atoms with Gasteiger partial charge in [0.2, 0.25) is 0 Å². The van der Waals surface area contributed by atoms with Crippen molar-refractivity contribution >= 4 is 74.7 Å². The van der Waals surface area contributed by atoms with Crippen LogP contribution >= 0.6 is 11.3 Å². The maximum Gasteiger partial charge on any atom is 0.0788 e. The fourth-order valence-electron chi connectivity index (χ4n) is 6.58. The summed E-state index contributed by atoms with van der Waals surface area (Å²) in [4.78, 5) is 5.24. The maximum absolute atomic E-state index is 5.24. The number of para-hydroxylation sites is 1. The minimum Gasteiger partial charge on any atom is -0.247 e. The van der Waals surface area contributed by atoms with E-state index in [1.165, 1.54) is 69.0 Å². The van der Waals surface area contributed by atoms with Gasteiger partial charge in [-0.25, -0.2) is 4.98 Å². The van der Waals surface area contributed by atoms with Gasteiger partial charge in [-0.1, -0.05) is 115 Å². The van der Waals surface area contributed by atoms with Crippen LogP contribution < -0.4 is 0 Å². The molecule has 2 heterocycles. The number of fused-ring (bicyclic) bond motifs is 10. The Hall–Kier alpha value is -5.05. The van der Waals surface area contributed by atoms with Gasteiger partial charge >= 0.3 is 0 Å². The minimum atomic E-state index is 1.03. The van der Waals surface area contributed by atoms with Crippen LogP contribution in [0.2, 0.25) is 0 Å². The summed E-state index contributed by atoms with van der Waals surface area (Å²) < 4.78 is 2.64. The van der Waals surface area contributed by atoms with Gasteiger partial charge in [-0.05, 0) is 56.9 Å². The zero-order chi connectivity index (χ0) is 26.9. The average molecular weight is 538 g/mol. The van der Waals surface area contributed by atoms with Gasteiger partial charge in [0.1, 0.15) is 0 Å². The monoisotopic (exact) mass is 537 g/mol. The first kappa shape index (κ1) is 22.7. The van der Waals surface area contributed by atoms with Gasteiger partial charge in [0.25, 0.3) is 0 Å². The number of aromatic nitrogens is 1. The highest BCUT2D eigenvalue weighted by Gasteiger charge is 2.16. The summed E-state index contributed by atoms with van der Waals surface area (Å²) in [5.74, 6) is 0. The zero-order valence-electron chi connectivity index (χ0n) is 22.1. The van der Waals surface area contributed by atoms with Crippen molar-refractivity contribution in [1.29, 1.82) is 0 Å². The molecular formula is C39H23NS. The highest BCUT2D eigenvalue weighted by Crippen LogP contribution is 2.43. The van der Waals surface area contributed by atoms with Crippen molar-refractivity contribution < 1.29 is 0 Å². The first-order valence-corrected chi connectivity index (χ1v) is 14.8. The summed E-state index contributed by atoms with van der Waals surface area (Å²) in [6.45, 7) is 0. The third-order valence-electron chi connectivity index (χ3n) is 8.44. The molecule has 0 radical (unpaired) electrons. The third kappa shape index (κ3) is 3.38. The molecule has 7 aromatic carbocycles. The van der Waals surface area contributed by atoms with E-state index in [0.717, 1.165) is 16.8 Å². The molecule has 0 saturated heterocycles. The SMILES string of the molecule is c1ccc2c(c1)cc(-c1ccc(-c3nc4ccccc4c4c3ccc3sc5ccccc5c34)cc1)c1ccccc12. The third-order valence-corrected chi connectivity index (χ3v) is 9.58. The molecule has 1 nitrogen and oxygen atoms in total. The van der Waals surface area contributed by atoms with E-state index in [-0.39, 0.29) is 0 Å². The Morgan fingerprint density at radius 1 is 0.415 bits per heavy atom. The van der Waals surface area contributed by atoms with Crippen molar-refractivity contribution in [2.24, 2.45) is 0 Å². The molecule has 0 amide bonds. The van der Waals surface area contributed by atoms with Crippen LogP contribution in [0.25, 0.3) is 85.8 Å². The highest BCUT2D eigenvalue weighted by molar-refractivity contribution is 7.26. The van der Waals surface area contributed by atoms with Crippen LogP contribution in [0.15, 0.2) is 140 Å². The van der Waals surface area contributed by atoms with Crippen LogP contribution in [-0.4, -0.2) is 4.98 Å². The molecule has 41 heavy (non-hydrogen) atoms. The number of pyridine rings is 1. The molecule has 0 aliphatic rings. The highest BCUT2D eigenvalue weighted by atomic mass is 32.1. The van der Waals surface area contributed by atoms with Crippen molar-refractivity contribution in [1.82, 2.24) is 4.98 Å². The minimum absolute atomic E-state index is 1.03. The second-order valence-electron chi connectivity index (χ2n) is 10.7. The Labute approximate surface area is 240 Å². The van der Waals surface area contributed by atoms with Crippen LogP contribution in [0.4, 0.5) is 0 Å². The van der Waals surface area contributed by atoms with Crippen LogP contribution in [0.5, 0.6) is 0 Å². The van der Waals surface area contributed by atoms with E-state index in [9.17, 15) is 0 Å². The van der Waals surface area contributed by atoms with E-state index < -0.39 is 0 Å². The molecule has 190 valence electrons. The van der Waals surface area contributed by atoms with Gasteiger partial charge in [0.05, 0.1) is 11.2 Å². The molecule has 0 atom stereocenters. The van der Waals surface area contributed by atoms with E-state index >= 15 is 0 Å². The molecule has 0 N–H and O–H groups in total. The van der Waals surface area contributed by atoms with Crippen LogP contribution in [0.1, 0.15) is 0 Å². The van der Waals surface area contributed by atoms with Gasteiger partial charge in [0.15, 0.2) is 0 Å². The predicted molar refractivity (Wildman–Crippen MR) is 178 cm³/mol. The lowest BCUT2D eigenvalue weighted by atomic mass is 9.92. The standard InChI is InChI=1S/C39H23NS/c1-2-10-27-26(9-1)23-33(29-12-4-3-11-28(27)29)24-17-19-25(20-18-24)39-32-21-22-36-38(31-14-6-8-16-35(31)41-36)37(32)30-13-5-7-15-34(30)40-39/h1-23H. The van der Waals surface area contributed by atoms with Crippen molar-refractivity contribution in [2.45, 2.75) is 0 Å². The average Bonchev–Trinajstić information content (AvgIpc) is 3.43. The second kappa shape index (κ2) is 8.72. The van der Waals surface area contributed by atoms with E-state index in [4.69, 9.17) is 4.98 Å².